The van der Waals surface area contributed by atoms with Crippen molar-refractivity contribution in [2.24, 2.45) is 0 Å². The molecule has 4 nitrogen and oxygen atoms in total. The van der Waals surface area contributed by atoms with Gasteiger partial charge in [-0.25, -0.2) is 9.67 Å². The molecule has 2 aromatic rings. The predicted molar refractivity (Wildman–Crippen MR) is 68.1 cm³/mol. The van der Waals surface area contributed by atoms with Gasteiger partial charge >= 0.3 is 0 Å². The molecule has 1 heterocycles. The Labute approximate surface area is 106 Å². The van der Waals surface area contributed by atoms with Crippen LogP contribution in [-0.4, -0.2) is 21.1 Å². The third-order valence-corrected chi connectivity index (χ3v) is 3.63. The minimum Gasteiger partial charge on any atom is -0.298 e. The number of hydrogen-bond donors (Lipinski definition) is 0. The Balaban J connectivity index is 1.93. The fourth-order valence-electron chi connectivity index (χ4n) is 2.15. The van der Waals surface area contributed by atoms with Crippen molar-refractivity contribution in [3.8, 4) is 5.69 Å². The van der Waals surface area contributed by atoms with E-state index in [9.17, 15) is 4.79 Å². The fourth-order valence-corrected chi connectivity index (χ4v) is 2.15. The molecule has 0 N–H and O–H groups in total. The van der Waals surface area contributed by atoms with Crippen LogP contribution in [0.2, 0.25) is 0 Å². The lowest BCUT2D eigenvalue weighted by Gasteiger charge is -2.21. The highest BCUT2D eigenvalue weighted by molar-refractivity contribution is 5.78. The van der Waals surface area contributed by atoms with E-state index in [-0.39, 0.29) is 0 Å². The van der Waals surface area contributed by atoms with Gasteiger partial charge in [0.15, 0.2) is 5.82 Å². The number of benzene rings is 1. The van der Waals surface area contributed by atoms with Crippen LogP contribution in [0, 0.1) is 6.92 Å². The van der Waals surface area contributed by atoms with Crippen LogP contribution in [0.5, 0.6) is 0 Å². The number of aryl methyl sites for hydroxylation is 1. The summed E-state index contributed by atoms with van der Waals surface area (Å²) in [5.41, 5.74) is 2.57. The summed E-state index contributed by atoms with van der Waals surface area (Å²) in [6, 6.07) is 5.74. The molecule has 1 saturated carbocycles. The maximum atomic E-state index is 10.9. The van der Waals surface area contributed by atoms with E-state index in [4.69, 9.17) is 0 Å². The summed E-state index contributed by atoms with van der Waals surface area (Å²) in [4.78, 5) is 15.3. The van der Waals surface area contributed by atoms with Gasteiger partial charge < -0.3 is 0 Å². The molecule has 0 unspecified atom stereocenters. The minimum atomic E-state index is 0.530. The van der Waals surface area contributed by atoms with Gasteiger partial charge in [-0.2, -0.15) is 5.10 Å². The third kappa shape index (κ3) is 1.83. The molecule has 1 aromatic carbocycles. The van der Waals surface area contributed by atoms with Crippen molar-refractivity contribution in [3.63, 3.8) is 0 Å². The van der Waals surface area contributed by atoms with Crippen LogP contribution in [-0.2, 0) is 0 Å². The number of hydrogen-bond acceptors (Lipinski definition) is 3. The van der Waals surface area contributed by atoms with E-state index in [1.807, 2.05) is 25.1 Å². The fraction of sp³-hybridized carbons (Fsp3) is 0.357. The largest absolute Gasteiger partial charge is 0.298 e. The summed E-state index contributed by atoms with van der Waals surface area (Å²) >= 11 is 0. The normalized spacial score (nSPS) is 15.4. The van der Waals surface area contributed by atoms with E-state index in [2.05, 4.69) is 10.1 Å². The van der Waals surface area contributed by atoms with Crippen LogP contribution in [0.1, 0.15) is 46.9 Å². The zero-order valence-electron chi connectivity index (χ0n) is 10.3. The van der Waals surface area contributed by atoms with Gasteiger partial charge in [-0.1, -0.05) is 12.5 Å². The molecule has 92 valence electrons. The Morgan fingerprint density at radius 1 is 1.39 bits per heavy atom. The zero-order chi connectivity index (χ0) is 12.5. The van der Waals surface area contributed by atoms with E-state index in [1.165, 1.54) is 19.3 Å². The first-order valence-electron chi connectivity index (χ1n) is 6.25. The molecule has 1 fully saturated rings. The second kappa shape index (κ2) is 4.37. The Morgan fingerprint density at radius 2 is 2.22 bits per heavy atom. The van der Waals surface area contributed by atoms with Crippen LogP contribution < -0.4 is 0 Å². The van der Waals surface area contributed by atoms with Crippen molar-refractivity contribution < 1.29 is 4.79 Å². The summed E-state index contributed by atoms with van der Waals surface area (Å²) in [6.07, 6.45) is 6.27. The summed E-state index contributed by atoms with van der Waals surface area (Å²) in [5, 5.41) is 4.50. The molecule has 0 atom stereocenters. The molecule has 3 rings (SSSR count). The topological polar surface area (TPSA) is 47.8 Å². The Morgan fingerprint density at radius 3 is 2.89 bits per heavy atom. The number of aromatic nitrogens is 3. The van der Waals surface area contributed by atoms with E-state index in [1.54, 1.807) is 11.0 Å². The zero-order valence-corrected chi connectivity index (χ0v) is 10.3. The highest BCUT2D eigenvalue weighted by atomic mass is 16.1. The summed E-state index contributed by atoms with van der Waals surface area (Å²) < 4.78 is 1.75. The lowest BCUT2D eigenvalue weighted by Crippen LogP contribution is -2.11. The lowest BCUT2D eigenvalue weighted by atomic mass is 9.85. The molecule has 0 saturated heterocycles. The summed E-state index contributed by atoms with van der Waals surface area (Å²) in [7, 11) is 0. The second-order valence-corrected chi connectivity index (χ2v) is 4.83. The SMILES string of the molecule is Cc1ccc(-n2cnc(C3CCC3)n2)cc1C=O. The lowest BCUT2D eigenvalue weighted by molar-refractivity contribution is 0.112. The number of carbonyl (C=O) groups excluding carboxylic acids is 1. The monoisotopic (exact) mass is 241 g/mol. The molecule has 0 amide bonds. The van der Waals surface area contributed by atoms with E-state index in [0.29, 0.717) is 11.5 Å². The van der Waals surface area contributed by atoms with Gasteiger partial charge in [0, 0.05) is 11.5 Å². The van der Waals surface area contributed by atoms with Gasteiger partial charge in [0.05, 0.1) is 5.69 Å². The van der Waals surface area contributed by atoms with Gasteiger partial charge in [-0.3, -0.25) is 4.79 Å². The smallest absolute Gasteiger partial charge is 0.154 e. The van der Waals surface area contributed by atoms with E-state index in [0.717, 1.165) is 23.4 Å². The minimum absolute atomic E-state index is 0.530. The average molecular weight is 241 g/mol. The molecule has 18 heavy (non-hydrogen) atoms. The third-order valence-electron chi connectivity index (χ3n) is 3.63. The van der Waals surface area contributed by atoms with Crippen molar-refractivity contribution in [2.75, 3.05) is 0 Å². The quantitative estimate of drug-likeness (QED) is 0.776. The van der Waals surface area contributed by atoms with E-state index < -0.39 is 0 Å². The van der Waals surface area contributed by atoms with Crippen molar-refractivity contribution in [2.45, 2.75) is 32.1 Å². The maximum Gasteiger partial charge on any atom is 0.154 e. The standard InChI is InChI=1S/C14H15N3O/c1-10-5-6-13(7-12(10)8-18)17-9-15-14(16-17)11-3-2-4-11/h5-9,11H,2-4H2,1H3. The molecule has 0 radical (unpaired) electrons. The predicted octanol–water partition coefficient (Wildman–Crippen LogP) is 2.66. The second-order valence-electron chi connectivity index (χ2n) is 4.83. The van der Waals surface area contributed by atoms with E-state index >= 15 is 0 Å². The summed E-state index contributed by atoms with van der Waals surface area (Å²) in [6.45, 7) is 1.93. The van der Waals surface area contributed by atoms with Crippen LogP contribution >= 0.6 is 0 Å². The Bertz CT molecular complexity index is 584. The molecule has 0 spiro atoms. The first kappa shape index (κ1) is 11.1. The summed E-state index contributed by atoms with van der Waals surface area (Å²) in [5.74, 6) is 1.46. The first-order chi connectivity index (χ1) is 8.78. The number of nitrogens with zero attached hydrogens (tertiary/aromatic N) is 3. The van der Waals surface area contributed by atoms with Crippen LogP contribution in [0.4, 0.5) is 0 Å². The molecular weight excluding hydrogens is 226 g/mol. The number of aldehydes is 1. The Kier molecular flexibility index (Phi) is 2.70. The number of rotatable bonds is 3. The van der Waals surface area contributed by atoms with Crippen molar-refractivity contribution in [1.82, 2.24) is 14.8 Å². The molecule has 0 bridgehead atoms. The maximum absolute atomic E-state index is 10.9. The van der Waals surface area contributed by atoms with Crippen molar-refractivity contribution in [1.29, 1.82) is 0 Å². The number of carbonyl (C=O) groups is 1. The van der Waals surface area contributed by atoms with Crippen LogP contribution in [0.25, 0.3) is 5.69 Å². The molecular formula is C14H15N3O. The molecule has 1 aromatic heterocycles. The van der Waals surface area contributed by atoms with Gasteiger partial charge in [0.2, 0.25) is 0 Å². The highest BCUT2D eigenvalue weighted by Gasteiger charge is 2.23. The average Bonchev–Trinajstić information content (AvgIpc) is 2.76. The van der Waals surface area contributed by atoms with Gasteiger partial charge in [-0.05, 0) is 37.5 Å². The van der Waals surface area contributed by atoms with Gasteiger partial charge in [-0.15, -0.1) is 0 Å². The van der Waals surface area contributed by atoms with Gasteiger partial charge in [0.1, 0.15) is 12.6 Å². The highest BCUT2D eigenvalue weighted by Crippen LogP contribution is 2.34. The van der Waals surface area contributed by atoms with Crippen molar-refractivity contribution >= 4 is 6.29 Å². The van der Waals surface area contributed by atoms with Crippen LogP contribution in [0.15, 0.2) is 24.5 Å². The molecule has 1 aliphatic rings. The first-order valence-corrected chi connectivity index (χ1v) is 6.25. The Hall–Kier alpha value is -1.97. The molecule has 4 heteroatoms. The van der Waals surface area contributed by atoms with Gasteiger partial charge in [0.25, 0.3) is 0 Å². The molecule has 0 aliphatic heterocycles. The van der Waals surface area contributed by atoms with Crippen LogP contribution in [0.3, 0.4) is 0 Å². The van der Waals surface area contributed by atoms with Crippen molar-refractivity contribution in [3.05, 3.63) is 41.5 Å². The molecule has 1 aliphatic carbocycles.